The van der Waals surface area contributed by atoms with Crippen LogP contribution in [0.3, 0.4) is 0 Å². The Morgan fingerprint density at radius 2 is 1.77 bits per heavy atom. The number of nitrogens with zero attached hydrogens (tertiary/aromatic N) is 1. The summed E-state index contributed by atoms with van der Waals surface area (Å²) in [5.74, 6) is 1.05. The summed E-state index contributed by atoms with van der Waals surface area (Å²) in [6.07, 6.45) is 4.10. The Morgan fingerprint density at radius 3 is 2.31 bits per heavy atom. The number of unbranched alkanes of at least 4 members (excludes halogenated alkanes) is 2. The van der Waals surface area contributed by atoms with Crippen LogP contribution in [0.2, 0.25) is 0 Å². The highest BCUT2D eigenvalue weighted by Crippen LogP contribution is 2.35. The minimum atomic E-state index is -0.568. The van der Waals surface area contributed by atoms with Crippen LogP contribution in [0.5, 0.6) is 11.5 Å². The van der Waals surface area contributed by atoms with E-state index in [1.807, 2.05) is 0 Å². The summed E-state index contributed by atoms with van der Waals surface area (Å²) in [6, 6.07) is 4.49. The molecule has 1 fully saturated rings. The van der Waals surface area contributed by atoms with E-state index in [4.69, 9.17) is 14.2 Å². The summed E-state index contributed by atoms with van der Waals surface area (Å²) in [5, 5.41) is -0.0321. The second kappa shape index (κ2) is 9.71. The van der Waals surface area contributed by atoms with Crippen molar-refractivity contribution in [2.75, 3.05) is 27.1 Å². The van der Waals surface area contributed by atoms with Crippen molar-refractivity contribution in [1.29, 1.82) is 0 Å². The van der Waals surface area contributed by atoms with Gasteiger partial charge in [-0.05, 0) is 18.6 Å². The molecule has 0 saturated carbocycles. The molecule has 1 amide bonds. The van der Waals surface area contributed by atoms with Crippen molar-refractivity contribution in [3.8, 4) is 11.5 Å². The van der Waals surface area contributed by atoms with E-state index in [0.717, 1.165) is 25.7 Å². The van der Waals surface area contributed by atoms with Gasteiger partial charge in [0, 0.05) is 17.4 Å². The van der Waals surface area contributed by atoms with Crippen LogP contribution in [0.15, 0.2) is 18.2 Å². The summed E-state index contributed by atoms with van der Waals surface area (Å²) in [4.78, 5) is 27.1. The van der Waals surface area contributed by atoms with E-state index >= 15 is 0 Å². The average molecular weight is 381 g/mol. The van der Waals surface area contributed by atoms with Crippen LogP contribution >= 0.6 is 11.8 Å². The molecular formula is C19H27NO5S. The maximum absolute atomic E-state index is 13.3. The van der Waals surface area contributed by atoms with Gasteiger partial charge in [0.1, 0.15) is 17.5 Å². The highest BCUT2D eigenvalue weighted by molar-refractivity contribution is 8.00. The lowest BCUT2D eigenvalue weighted by molar-refractivity contribution is -0.145. The number of carbonyl (C=O) groups excluding carboxylic acids is 2. The Kier molecular flexibility index (Phi) is 7.63. The molecule has 1 heterocycles. The average Bonchev–Trinajstić information content (AvgIpc) is 3.10. The third-order valence-electron chi connectivity index (χ3n) is 4.45. The van der Waals surface area contributed by atoms with E-state index in [0.29, 0.717) is 22.8 Å². The van der Waals surface area contributed by atoms with Crippen LogP contribution in [-0.2, 0) is 9.53 Å². The maximum Gasteiger partial charge on any atom is 0.329 e. The number of amides is 1. The van der Waals surface area contributed by atoms with Gasteiger partial charge in [-0.15, -0.1) is 11.8 Å². The van der Waals surface area contributed by atoms with E-state index in [-0.39, 0.29) is 17.3 Å². The molecule has 1 aliphatic heterocycles. The molecule has 0 spiro atoms. The van der Waals surface area contributed by atoms with E-state index < -0.39 is 6.04 Å². The number of hydrogen-bond donors (Lipinski definition) is 0. The molecule has 144 valence electrons. The fraction of sp³-hybridized carbons (Fsp3) is 0.579. The van der Waals surface area contributed by atoms with Crippen LogP contribution in [0.1, 0.15) is 43.0 Å². The van der Waals surface area contributed by atoms with Crippen molar-refractivity contribution in [2.45, 2.75) is 44.0 Å². The molecule has 0 bridgehead atoms. The van der Waals surface area contributed by atoms with Gasteiger partial charge in [-0.3, -0.25) is 4.79 Å². The zero-order valence-corrected chi connectivity index (χ0v) is 16.6. The smallest absolute Gasteiger partial charge is 0.329 e. The Bertz CT molecular complexity index is 614. The lowest BCUT2D eigenvalue weighted by Gasteiger charge is -2.28. The molecule has 0 aliphatic carbocycles. The highest BCUT2D eigenvalue weighted by Gasteiger charge is 2.42. The molecular weight excluding hydrogens is 354 g/mol. The quantitative estimate of drug-likeness (QED) is 0.508. The van der Waals surface area contributed by atoms with Crippen LogP contribution in [0, 0.1) is 0 Å². The topological polar surface area (TPSA) is 65.1 Å². The zero-order valence-electron chi connectivity index (χ0n) is 15.8. The first kappa shape index (κ1) is 20.4. The van der Waals surface area contributed by atoms with Gasteiger partial charge < -0.3 is 19.1 Å². The minimum absolute atomic E-state index is 0.0321. The number of ether oxygens (including phenoxy) is 3. The molecule has 1 aromatic rings. The van der Waals surface area contributed by atoms with E-state index in [1.165, 1.54) is 7.11 Å². The Hall–Kier alpha value is -1.89. The molecule has 1 aromatic carbocycles. The Morgan fingerprint density at radius 1 is 1.12 bits per heavy atom. The van der Waals surface area contributed by atoms with Crippen molar-refractivity contribution in [3.63, 3.8) is 0 Å². The van der Waals surface area contributed by atoms with Crippen molar-refractivity contribution >= 4 is 23.6 Å². The molecule has 0 aromatic heterocycles. The van der Waals surface area contributed by atoms with Gasteiger partial charge in [-0.25, -0.2) is 4.79 Å². The zero-order chi connectivity index (χ0) is 19.1. The predicted octanol–water partition coefficient (Wildman–Crippen LogP) is 3.34. The van der Waals surface area contributed by atoms with Crippen LogP contribution in [0.25, 0.3) is 0 Å². The molecule has 0 radical (unpaired) electrons. The largest absolute Gasteiger partial charge is 0.497 e. The number of hydrogen-bond acceptors (Lipinski definition) is 6. The maximum atomic E-state index is 13.3. The number of methoxy groups -OCH3 is 3. The molecule has 2 rings (SSSR count). The number of esters is 1. The van der Waals surface area contributed by atoms with E-state index in [1.54, 1.807) is 49.1 Å². The van der Waals surface area contributed by atoms with Crippen molar-refractivity contribution < 1.29 is 23.8 Å². The lowest BCUT2D eigenvalue weighted by atomic mass is 10.1. The first-order chi connectivity index (χ1) is 12.5. The van der Waals surface area contributed by atoms with Crippen LogP contribution in [0.4, 0.5) is 0 Å². The summed E-state index contributed by atoms with van der Waals surface area (Å²) >= 11 is 1.64. The molecule has 2 atom stereocenters. The fourth-order valence-corrected chi connectivity index (χ4v) is 4.46. The first-order valence-corrected chi connectivity index (χ1v) is 9.85. The summed E-state index contributed by atoms with van der Waals surface area (Å²) in [6.45, 7) is 2.14. The Balaban J connectivity index is 2.31. The van der Waals surface area contributed by atoms with Crippen molar-refractivity contribution in [3.05, 3.63) is 23.8 Å². The second-order valence-corrected chi connectivity index (χ2v) is 7.35. The molecule has 7 heteroatoms. The fourth-order valence-electron chi connectivity index (χ4n) is 3.02. The van der Waals surface area contributed by atoms with E-state index in [9.17, 15) is 9.59 Å². The Labute approximate surface area is 159 Å². The van der Waals surface area contributed by atoms with Gasteiger partial charge >= 0.3 is 5.97 Å². The molecule has 1 aliphatic rings. The molecule has 0 N–H and O–H groups in total. The lowest BCUT2D eigenvalue weighted by Crippen LogP contribution is -2.46. The van der Waals surface area contributed by atoms with Crippen LogP contribution < -0.4 is 9.47 Å². The number of rotatable bonds is 8. The third kappa shape index (κ3) is 4.63. The number of thioether (sulfide) groups is 1. The second-order valence-electron chi connectivity index (χ2n) is 6.14. The van der Waals surface area contributed by atoms with Gasteiger partial charge in [-0.1, -0.05) is 26.2 Å². The highest BCUT2D eigenvalue weighted by atomic mass is 32.2. The van der Waals surface area contributed by atoms with Gasteiger partial charge in [-0.2, -0.15) is 0 Å². The van der Waals surface area contributed by atoms with E-state index in [2.05, 4.69) is 6.92 Å². The van der Waals surface area contributed by atoms with Crippen molar-refractivity contribution in [1.82, 2.24) is 4.90 Å². The monoisotopic (exact) mass is 381 g/mol. The normalized spacial score (nSPS) is 19.3. The number of benzene rings is 1. The van der Waals surface area contributed by atoms with Crippen LogP contribution in [-0.4, -0.2) is 55.3 Å². The SMILES string of the molecule is CCCCCC1SCC(C(=O)OC)N1C(=O)c1cc(OC)cc(OC)c1. The molecule has 2 unspecified atom stereocenters. The van der Waals surface area contributed by atoms with Gasteiger partial charge in [0.25, 0.3) is 5.91 Å². The third-order valence-corrected chi connectivity index (χ3v) is 5.81. The predicted molar refractivity (Wildman–Crippen MR) is 102 cm³/mol. The molecule has 1 saturated heterocycles. The first-order valence-electron chi connectivity index (χ1n) is 8.80. The summed E-state index contributed by atoms with van der Waals surface area (Å²) in [5.41, 5.74) is 0.443. The number of carbonyl (C=O) groups is 2. The molecule has 26 heavy (non-hydrogen) atoms. The summed E-state index contributed by atoms with van der Waals surface area (Å²) < 4.78 is 15.4. The summed E-state index contributed by atoms with van der Waals surface area (Å²) in [7, 11) is 4.44. The van der Waals surface area contributed by atoms with Gasteiger partial charge in [0.2, 0.25) is 0 Å². The van der Waals surface area contributed by atoms with Gasteiger partial charge in [0.15, 0.2) is 0 Å². The van der Waals surface area contributed by atoms with Crippen molar-refractivity contribution in [2.24, 2.45) is 0 Å². The molecule has 6 nitrogen and oxygen atoms in total. The standard InChI is InChI=1S/C19H27NO5S/c1-5-6-7-8-17-20(16(12-26-17)19(22)25-4)18(21)13-9-14(23-2)11-15(10-13)24-3/h9-11,16-17H,5-8,12H2,1-4H3. The minimum Gasteiger partial charge on any atom is -0.497 e. The van der Waals surface area contributed by atoms with Gasteiger partial charge in [0.05, 0.1) is 26.7 Å².